The molecule has 1 atom stereocenters. The van der Waals surface area contributed by atoms with Crippen LogP contribution in [0.5, 0.6) is 5.75 Å². The van der Waals surface area contributed by atoms with E-state index in [0.717, 1.165) is 17.7 Å². The third-order valence-corrected chi connectivity index (χ3v) is 5.15. The van der Waals surface area contributed by atoms with Gasteiger partial charge in [-0.3, -0.25) is 9.89 Å². The molecular formula is C21H18F3N3O2. The highest BCUT2D eigenvalue weighted by Crippen LogP contribution is 2.34. The van der Waals surface area contributed by atoms with Gasteiger partial charge >= 0.3 is 0 Å². The van der Waals surface area contributed by atoms with Crippen LogP contribution >= 0.6 is 0 Å². The number of benzene rings is 2. The number of ether oxygens (including phenoxy) is 1. The second-order valence-electron chi connectivity index (χ2n) is 6.92. The molecule has 0 radical (unpaired) electrons. The molecule has 8 heteroatoms. The molecule has 1 aromatic heterocycles. The molecule has 29 heavy (non-hydrogen) atoms. The molecule has 1 aliphatic heterocycles. The Kier molecular flexibility index (Phi) is 5.00. The van der Waals surface area contributed by atoms with Crippen LogP contribution in [0, 0.1) is 23.4 Å². The summed E-state index contributed by atoms with van der Waals surface area (Å²) in [6, 6.07) is 6.54. The summed E-state index contributed by atoms with van der Waals surface area (Å²) in [5, 5.41) is 6.29. The van der Waals surface area contributed by atoms with Gasteiger partial charge in [-0.15, -0.1) is 0 Å². The van der Waals surface area contributed by atoms with Crippen molar-refractivity contribution >= 4 is 11.6 Å². The van der Waals surface area contributed by atoms with E-state index in [2.05, 4.69) is 10.2 Å². The highest BCUT2D eigenvalue weighted by molar-refractivity contribution is 5.97. The largest absolute Gasteiger partial charge is 0.494 e. The molecule has 150 valence electrons. The van der Waals surface area contributed by atoms with Gasteiger partial charge in [-0.05, 0) is 36.6 Å². The van der Waals surface area contributed by atoms with E-state index < -0.39 is 23.4 Å². The molecule has 1 unspecified atom stereocenters. The van der Waals surface area contributed by atoms with E-state index in [0.29, 0.717) is 18.4 Å². The van der Waals surface area contributed by atoms with Crippen LogP contribution < -0.4 is 9.64 Å². The Labute approximate surface area is 165 Å². The van der Waals surface area contributed by atoms with Gasteiger partial charge in [0.25, 0.3) is 0 Å². The number of nitrogens with one attached hydrogen (secondary N) is 1. The van der Waals surface area contributed by atoms with E-state index in [1.165, 1.54) is 30.5 Å². The van der Waals surface area contributed by atoms with Gasteiger partial charge in [0.15, 0.2) is 11.6 Å². The Morgan fingerprint density at radius 2 is 2.00 bits per heavy atom. The Morgan fingerprint density at radius 1 is 1.17 bits per heavy atom. The number of carbonyl (C=O) groups excluding carboxylic acids is 1. The molecule has 3 aromatic rings. The predicted molar refractivity (Wildman–Crippen MR) is 101 cm³/mol. The van der Waals surface area contributed by atoms with E-state index in [9.17, 15) is 18.0 Å². The van der Waals surface area contributed by atoms with Gasteiger partial charge in [-0.1, -0.05) is 6.07 Å². The number of hydrogen-bond donors (Lipinski definition) is 1. The van der Waals surface area contributed by atoms with E-state index in [4.69, 9.17) is 4.74 Å². The van der Waals surface area contributed by atoms with Crippen LogP contribution in [0.1, 0.15) is 12.0 Å². The number of aromatic amines is 1. The maximum absolute atomic E-state index is 14.7. The number of H-pyrrole nitrogens is 1. The van der Waals surface area contributed by atoms with Crippen LogP contribution in [0.15, 0.2) is 42.7 Å². The number of carbonyl (C=O) groups is 1. The molecule has 5 nitrogen and oxygen atoms in total. The monoisotopic (exact) mass is 401 g/mol. The van der Waals surface area contributed by atoms with Crippen molar-refractivity contribution in [3.05, 3.63) is 65.7 Å². The van der Waals surface area contributed by atoms with Gasteiger partial charge in [0.2, 0.25) is 5.91 Å². The lowest BCUT2D eigenvalue weighted by Gasteiger charge is -2.19. The normalized spacial score (nSPS) is 16.5. The highest BCUT2D eigenvalue weighted by atomic mass is 19.1. The van der Waals surface area contributed by atoms with E-state index in [1.807, 2.05) is 0 Å². The fraction of sp³-hybridized carbons (Fsp3) is 0.238. The van der Waals surface area contributed by atoms with Gasteiger partial charge in [-0.25, -0.2) is 13.2 Å². The average Bonchev–Trinajstić information content (AvgIpc) is 3.36. The number of methoxy groups -OCH3 is 1. The lowest BCUT2D eigenvalue weighted by molar-refractivity contribution is -0.120. The summed E-state index contributed by atoms with van der Waals surface area (Å²) in [6.45, 7) is 0.281. The molecule has 1 aliphatic rings. The second kappa shape index (κ2) is 7.62. The zero-order chi connectivity index (χ0) is 20.5. The van der Waals surface area contributed by atoms with Crippen molar-refractivity contribution < 1.29 is 22.7 Å². The predicted octanol–water partition coefficient (Wildman–Crippen LogP) is 4.10. The van der Waals surface area contributed by atoms with Crippen molar-refractivity contribution in [1.29, 1.82) is 0 Å². The molecule has 0 spiro atoms. The van der Waals surface area contributed by atoms with Crippen molar-refractivity contribution in [2.75, 3.05) is 18.6 Å². The molecule has 2 heterocycles. The first kappa shape index (κ1) is 19.0. The molecular weight excluding hydrogens is 383 g/mol. The average molecular weight is 401 g/mol. The van der Waals surface area contributed by atoms with Crippen molar-refractivity contribution in [2.24, 2.45) is 5.92 Å². The molecule has 1 fully saturated rings. The lowest BCUT2D eigenvalue weighted by Crippen LogP contribution is -2.28. The molecule has 0 aliphatic carbocycles. The first-order chi connectivity index (χ1) is 14.0. The number of nitrogens with zero attached hydrogens (tertiary/aromatic N) is 2. The number of halogens is 3. The minimum atomic E-state index is -0.681. The zero-order valence-electron chi connectivity index (χ0n) is 15.6. The summed E-state index contributed by atoms with van der Waals surface area (Å²) in [5.41, 5.74) is 1.15. The lowest BCUT2D eigenvalue weighted by atomic mass is 9.98. The Hall–Kier alpha value is -3.29. The first-order valence-corrected chi connectivity index (χ1v) is 9.10. The molecule has 0 bridgehead atoms. The van der Waals surface area contributed by atoms with Gasteiger partial charge in [0.1, 0.15) is 11.6 Å². The summed E-state index contributed by atoms with van der Waals surface area (Å²) in [7, 11) is 1.37. The summed E-state index contributed by atoms with van der Waals surface area (Å²) in [5.74, 6) is -2.38. The van der Waals surface area contributed by atoms with Gasteiger partial charge in [-0.2, -0.15) is 5.10 Å². The van der Waals surface area contributed by atoms with E-state index in [-0.39, 0.29) is 29.5 Å². The summed E-state index contributed by atoms with van der Waals surface area (Å²) < 4.78 is 47.8. The molecule has 1 N–H and O–H groups in total. The number of aromatic nitrogens is 2. The van der Waals surface area contributed by atoms with Crippen molar-refractivity contribution in [3.63, 3.8) is 0 Å². The Balaban J connectivity index is 1.55. The molecule has 1 saturated heterocycles. The van der Waals surface area contributed by atoms with Crippen LogP contribution in [0.4, 0.5) is 18.9 Å². The summed E-state index contributed by atoms with van der Waals surface area (Å²) >= 11 is 0. The van der Waals surface area contributed by atoms with E-state index in [1.54, 1.807) is 12.1 Å². The number of amides is 1. The van der Waals surface area contributed by atoms with Crippen LogP contribution in [-0.2, 0) is 11.2 Å². The second-order valence-corrected chi connectivity index (χ2v) is 6.92. The summed E-state index contributed by atoms with van der Waals surface area (Å²) in [4.78, 5) is 14.1. The number of hydrogen-bond acceptors (Lipinski definition) is 3. The third-order valence-electron chi connectivity index (χ3n) is 5.15. The first-order valence-electron chi connectivity index (χ1n) is 9.10. The van der Waals surface area contributed by atoms with Crippen LogP contribution in [0.3, 0.4) is 0 Å². The molecule has 2 aromatic carbocycles. The minimum Gasteiger partial charge on any atom is -0.494 e. The van der Waals surface area contributed by atoms with Crippen molar-refractivity contribution in [2.45, 2.75) is 12.8 Å². The molecule has 4 rings (SSSR count). The van der Waals surface area contributed by atoms with Crippen LogP contribution in [-0.4, -0.2) is 29.8 Å². The van der Waals surface area contributed by atoms with Crippen molar-refractivity contribution in [1.82, 2.24) is 10.2 Å². The topological polar surface area (TPSA) is 58.2 Å². The molecule has 0 saturated carbocycles. The highest BCUT2D eigenvalue weighted by Gasteiger charge is 2.34. The number of rotatable bonds is 5. The van der Waals surface area contributed by atoms with Gasteiger partial charge < -0.3 is 9.64 Å². The fourth-order valence-corrected chi connectivity index (χ4v) is 3.65. The van der Waals surface area contributed by atoms with Crippen LogP contribution in [0.2, 0.25) is 0 Å². The number of anilines is 1. The standard InChI is InChI=1S/C21H18F3N3O2/c1-29-20-7-12(2-3-16(20)22)6-13-4-5-27(21(13)28)19-9-17(23)15(8-18(19)24)14-10-25-26-11-14/h2-3,7-11,13H,4-6H2,1H3,(H,25,26). The van der Waals surface area contributed by atoms with Gasteiger partial charge in [0, 0.05) is 35.9 Å². The third kappa shape index (κ3) is 3.57. The smallest absolute Gasteiger partial charge is 0.230 e. The summed E-state index contributed by atoms with van der Waals surface area (Å²) in [6.07, 6.45) is 3.71. The van der Waals surface area contributed by atoms with Crippen molar-refractivity contribution in [3.8, 4) is 16.9 Å². The molecule has 1 amide bonds. The fourth-order valence-electron chi connectivity index (χ4n) is 3.65. The van der Waals surface area contributed by atoms with Crippen LogP contribution in [0.25, 0.3) is 11.1 Å². The maximum atomic E-state index is 14.7. The maximum Gasteiger partial charge on any atom is 0.230 e. The Bertz CT molecular complexity index is 1050. The SMILES string of the molecule is COc1cc(CC2CCN(c3cc(F)c(-c4cn[nH]c4)cc3F)C2=O)ccc1F. The van der Waals surface area contributed by atoms with Gasteiger partial charge in [0.05, 0.1) is 19.0 Å². The zero-order valence-corrected chi connectivity index (χ0v) is 15.6. The quantitative estimate of drug-likeness (QED) is 0.700. The van der Waals surface area contributed by atoms with E-state index >= 15 is 0 Å². The minimum absolute atomic E-state index is 0.0709. The Morgan fingerprint density at radius 3 is 2.72 bits per heavy atom.